The van der Waals surface area contributed by atoms with Gasteiger partial charge in [-0.05, 0) is 67.5 Å². The van der Waals surface area contributed by atoms with Gasteiger partial charge in [-0.25, -0.2) is 4.98 Å². The summed E-state index contributed by atoms with van der Waals surface area (Å²) in [5.74, 6) is 1.04. The maximum atomic E-state index is 10.6. The number of aromatic nitrogens is 2. The minimum Gasteiger partial charge on any atom is -0.494 e. The van der Waals surface area contributed by atoms with Crippen LogP contribution in [0.1, 0.15) is 49.7 Å². The predicted molar refractivity (Wildman–Crippen MR) is 135 cm³/mol. The quantitative estimate of drug-likeness (QED) is 0.274. The number of imidazole rings is 1. The zero-order chi connectivity index (χ0) is 23.3. The zero-order valence-corrected chi connectivity index (χ0v) is 19.4. The number of carboxylic acid groups (broad SMARTS) is 1. The van der Waals surface area contributed by atoms with Crippen molar-refractivity contribution in [3.05, 3.63) is 77.9 Å². The molecule has 0 aliphatic heterocycles. The molecule has 34 heavy (non-hydrogen) atoms. The molecule has 0 saturated heterocycles. The number of nitrogens with zero attached hydrogens (tertiary/aromatic N) is 2. The van der Waals surface area contributed by atoms with Crippen molar-refractivity contribution in [3.63, 3.8) is 0 Å². The summed E-state index contributed by atoms with van der Waals surface area (Å²) < 4.78 is 8.32. The summed E-state index contributed by atoms with van der Waals surface area (Å²) in [6, 6.07) is 23.2. The number of benzene rings is 3. The van der Waals surface area contributed by atoms with Crippen molar-refractivity contribution in [3.8, 4) is 22.8 Å². The molecule has 1 aromatic heterocycles. The van der Waals surface area contributed by atoms with Crippen molar-refractivity contribution in [1.29, 1.82) is 0 Å². The first-order chi connectivity index (χ1) is 16.7. The number of carbonyl (C=O) groups is 1. The molecular weight excluding hydrogens is 424 g/mol. The standard InChI is InChI=1S/C29H30N2O3/c32-28(33)13-6-1-2-7-18-34-25-16-17-26-27(20-25)31(29(30-26)22-9-4-3-5-10-22)24-15-14-21-11-8-12-23(21)19-24/h3-5,9-10,14-17,19-20H,1-2,6-8,11-13,18H2,(H,32,33). The van der Waals surface area contributed by atoms with Gasteiger partial charge in [-0.15, -0.1) is 0 Å². The van der Waals surface area contributed by atoms with Crippen molar-refractivity contribution in [1.82, 2.24) is 9.55 Å². The van der Waals surface area contributed by atoms with E-state index in [0.717, 1.165) is 66.0 Å². The molecule has 0 atom stereocenters. The van der Waals surface area contributed by atoms with Crippen molar-refractivity contribution in [2.75, 3.05) is 6.61 Å². The average Bonchev–Trinajstić information content (AvgIpc) is 3.47. The molecule has 1 aliphatic carbocycles. The third-order valence-corrected chi connectivity index (χ3v) is 6.55. The van der Waals surface area contributed by atoms with E-state index in [2.05, 4.69) is 41.0 Å². The third kappa shape index (κ3) is 4.84. The normalized spacial score (nSPS) is 12.7. The number of rotatable bonds is 10. The molecule has 0 spiro atoms. The van der Waals surface area contributed by atoms with Gasteiger partial charge >= 0.3 is 5.97 Å². The smallest absolute Gasteiger partial charge is 0.303 e. The topological polar surface area (TPSA) is 64.3 Å². The third-order valence-electron chi connectivity index (χ3n) is 6.55. The van der Waals surface area contributed by atoms with Crippen LogP contribution in [0.5, 0.6) is 5.75 Å². The van der Waals surface area contributed by atoms with Crippen LogP contribution in [-0.4, -0.2) is 27.2 Å². The van der Waals surface area contributed by atoms with E-state index in [9.17, 15) is 4.79 Å². The molecule has 1 aliphatic rings. The monoisotopic (exact) mass is 454 g/mol. The number of hydrogen-bond acceptors (Lipinski definition) is 3. The van der Waals surface area contributed by atoms with Crippen LogP contribution in [0.3, 0.4) is 0 Å². The van der Waals surface area contributed by atoms with E-state index in [1.54, 1.807) is 0 Å². The summed E-state index contributed by atoms with van der Waals surface area (Å²) in [6.45, 7) is 0.622. The van der Waals surface area contributed by atoms with Crippen LogP contribution in [0, 0.1) is 0 Å². The first-order valence-corrected chi connectivity index (χ1v) is 12.2. The van der Waals surface area contributed by atoms with Gasteiger partial charge in [0.15, 0.2) is 0 Å². The Bertz CT molecular complexity index is 1290. The van der Waals surface area contributed by atoms with Crippen LogP contribution in [-0.2, 0) is 17.6 Å². The van der Waals surface area contributed by atoms with Crippen molar-refractivity contribution >= 4 is 17.0 Å². The second-order valence-corrected chi connectivity index (χ2v) is 9.00. The number of hydrogen-bond donors (Lipinski definition) is 1. The molecule has 3 aromatic carbocycles. The van der Waals surface area contributed by atoms with E-state index in [4.69, 9.17) is 14.8 Å². The van der Waals surface area contributed by atoms with Crippen LogP contribution < -0.4 is 4.74 Å². The fourth-order valence-electron chi connectivity index (χ4n) is 4.81. The number of ether oxygens (including phenoxy) is 1. The molecule has 0 radical (unpaired) electrons. The minimum absolute atomic E-state index is 0.244. The van der Waals surface area contributed by atoms with Crippen LogP contribution in [0.15, 0.2) is 66.7 Å². The molecule has 5 heteroatoms. The van der Waals surface area contributed by atoms with Gasteiger partial charge in [0.1, 0.15) is 11.6 Å². The Balaban J connectivity index is 1.42. The van der Waals surface area contributed by atoms with Crippen LogP contribution >= 0.6 is 0 Å². The minimum atomic E-state index is -0.723. The highest BCUT2D eigenvalue weighted by molar-refractivity contribution is 5.84. The predicted octanol–water partition coefficient (Wildman–Crippen LogP) is 6.60. The Labute approximate surface area is 200 Å². The van der Waals surface area contributed by atoms with E-state index in [1.807, 2.05) is 30.3 Å². The van der Waals surface area contributed by atoms with Gasteiger partial charge in [-0.3, -0.25) is 9.36 Å². The Morgan fingerprint density at radius 1 is 0.912 bits per heavy atom. The molecule has 174 valence electrons. The second kappa shape index (κ2) is 10.1. The number of aliphatic carboxylic acids is 1. The highest BCUT2D eigenvalue weighted by atomic mass is 16.5. The Morgan fingerprint density at radius 2 is 1.74 bits per heavy atom. The molecule has 4 aromatic rings. The number of fused-ring (bicyclic) bond motifs is 2. The summed E-state index contributed by atoms with van der Waals surface area (Å²) in [5, 5.41) is 8.74. The fourth-order valence-corrected chi connectivity index (χ4v) is 4.81. The van der Waals surface area contributed by atoms with Crippen LogP contribution in [0.2, 0.25) is 0 Å². The average molecular weight is 455 g/mol. The molecule has 1 N–H and O–H groups in total. The summed E-state index contributed by atoms with van der Waals surface area (Å²) in [4.78, 5) is 15.6. The van der Waals surface area contributed by atoms with E-state index < -0.39 is 5.97 Å². The molecule has 0 bridgehead atoms. The fraction of sp³-hybridized carbons (Fsp3) is 0.310. The van der Waals surface area contributed by atoms with Crippen molar-refractivity contribution in [2.24, 2.45) is 0 Å². The van der Waals surface area contributed by atoms with Crippen molar-refractivity contribution in [2.45, 2.75) is 51.4 Å². The molecule has 0 saturated carbocycles. The number of carboxylic acids is 1. The first kappa shape index (κ1) is 22.2. The van der Waals surface area contributed by atoms with E-state index in [1.165, 1.54) is 24.0 Å². The first-order valence-electron chi connectivity index (χ1n) is 12.2. The molecular formula is C29H30N2O3. The summed E-state index contributed by atoms with van der Waals surface area (Å²) >= 11 is 0. The lowest BCUT2D eigenvalue weighted by atomic mass is 10.1. The molecule has 1 heterocycles. The van der Waals surface area contributed by atoms with Crippen LogP contribution in [0.4, 0.5) is 0 Å². The van der Waals surface area contributed by atoms with Crippen molar-refractivity contribution < 1.29 is 14.6 Å². The lowest BCUT2D eigenvalue weighted by Gasteiger charge is -2.12. The number of aryl methyl sites for hydroxylation is 2. The highest BCUT2D eigenvalue weighted by Gasteiger charge is 2.18. The summed E-state index contributed by atoms with van der Waals surface area (Å²) in [7, 11) is 0. The zero-order valence-electron chi connectivity index (χ0n) is 19.4. The largest absolute Gasteiger partial charge is 0.494 e. The highest BCUT2D eigenvalue weighted by Crippen LogP contribution is 2.33. The van der Waals surface area contributed by atoms with E-state index >= 15 is 0 Å². The Kier molecular flexibility index (Phi) is 6.61. The van der Waals surface area contributed by atoms with E-state index in [0.29, 0.717) is 6.61 Å². The van der Waals surface area contributed by atoms with Crippen LogP contribution in [0.25, 0.3) is 28.1 Å². The molecule has 0 unspecified atom stereocenters. The van der Waals surface area contributed by atoms with Gasteiger partial charge in [0.05, 0.1) is 17.6 Å². The van der Waals surface area contributed by atoms with Gasteiger partial charge < -0.3 is 9.84 Å². The van der Waals surface area contributed by atoms with Gasteiger partial charge in [-0.2, -0.15) is 0 Å². The summed E-state index contributed by atoms with van der Waals surface area (Å²) in [5.41, 5.74) is 7.10. The molecule has 0 fully saturated rings. The Hall–Kier alpha value is -3.60. The second-order valence-electron chi connectivity index (χ2n) is 9.00. The molecule has 5 rings (SSSR count). The van der Waals surface area contributed by atoms with E-state index in [-0.39, 0.29) is 6.42 Å². The lowest BCUT2D eigenvalue weighted by Crippen LogP contribution is -2.00. The van der Waals surface area contributed by atoms with Gasteiger partial charge in [0.2, 0.25) is 0 Å². The Morgan fingerprint density at radius 3 is 2.59 bits per heavy atom. The van der Waals surface area contributed by atoms with Gasteiger partial charge in [-0.1, -0.05) is 49.2 Å². The number of unbranched alkanes of at least 4 members (excludes halogenated alkanes) is 3. The lowest BCUT2D eigenvalue weighted by molar-refractivity contribution is -0.137. The maximum Gasteiger partial charge on any atom is 0.303 e. The van der Waals surface area contributed by atoms with Gasteiger partial charge in [0.25, 0.3) is 0 Å². The molecule has 0 amide bonds. The summed E-state index contributed by atoms with van der Waals surface area (Å²) in [6.07, 6.45) is 7.30. The maximum absolute atomic E-state index is 10.6. The van der Waals surface area contributed by atoms with Gasteiger partial charge in [0, 0.05) is 23.7 Å². The molecule has 5 nitrogen and oxygen atoms in total. The SMILES string of the molecule is O=C(O)CCCCCCOc1ccc2nc(-c3ccccc3)n(-c3ccc4c(c3)CCC4)c2c1.